The lowest BCUT2D eigenvalue weighted by Gasteiger charge is -2.04. The van der Waals surface area contributed by atoms with Crippen LogP contribution in [0.15, 0.2) is 50.6 Å². The van der Waals surface area contributed by atoms with Crippen LogP contribution in [0.5, 0.6) is 0 Å². The van der Waals surface area contributed by atoms with Crippen LogP contribution in [0, 0.1) is 0 Å². The number of halogens is 1. The molecule has 0 radical (unpaired) electrons. The summed E-state index contributed by atoms with van der Waals surface area (Å²) >= 11 is 5.23. The van der Waals surface area contributed by atoms with Gasteiger partial charge in [-0.25, -0.2) is 0 Å². The van der Waals surface area contributed by atoms with E-state index in [1.165, 1.54) is 0 Å². The number of hydrogen-bond donors (Lipinski definition) is 3. The summed E-state index contributed by atoms with van der Waals surface area (Å²) in [5.74, 6) is 0.298. The summed E-state index contributed by atoms with van der Waals surface area (Å²) in [4.78, 5) is 0. The van der Waals surface area contributed by atoms with Crippen molar-refractivity contribution < 1.29 is 10.2 Å². The van der Waals surface area contributed by atoms with Crippen molar-refractivity contribution in [3.05, 3.63) is 50.6 Å². The minimum atomic E-state index is -0.404. The van der Waals surface area contributed by atoms with Gasteiger partial charge in [0.15, 0.2) is 0 Å². The highest BCUT2D eigenvalue weighted by Gasteiger charge is 1.98. The topological polar surface area (TPSA) is 66.5 Å². The second kappa shape index (κ2) is 24.2. The Balaban J connectivity index is -0.000000256. The Bertz CT molecular complexity index is 245. The van der Waals surface area contributed by atoms with Gasteiger partial charge in [0.2, 0.25) is 0 Å². The second-order valence-corrected chi connectivity index (χ2v) is 4.56. The maximum absolute atomic E-state index is 9.17. The van der Waals surface area contributed by atoms with Crippen molar-refractivity contribution in [3.63, 3.8) is 0 Å². The zero-order chi connectivity index (χ0) is 16.9. The van der Waals surface area contributed by atoms with Crippen LogP contribution in [0.25, 0.3) is 0 Å². The van der Waals surface area contributed by atoms with Crippen LogP contribution in [0.4, 0.5) is 0 Å². The van der Waals surface area contributed by atoms with Crippen molar-refractivity contribution in [3.8, 4) is 0 Å². The summed E-state index contributed by atoms with van der Waals surface area (Å²) in [5, 5.41) is 17.8. The van der Waals surface area contributed by atoms with Gasteiger partial charge in [0.1, 0.15) is 0 Å². The van der Waals surface area contributed by atoms with E-state index in [1.807, 2.05) is 6.08 Å². The molecule has 0 rings (SSSR count). The molecule has 0 aromatic heterocycles. The van der Waals surface area contributed by atoms with Crippen molar-refractivity contribution in [2.45, 2.75) is 44.3 Å². The van der Waals surface area contributed by atoms with E-state index >= 15 is 0 Å². The summed E-state index contributed by atoms with van der Waals surface area (Å²) in [6, 6.07) is 0. The predicted molar refractivity (Wildman–Crippen MR) is 95.7 cm³/mol. The van der Waals surface area contributed by atoms with Crippen LogP contribution >= 0.6 is 11.6 Å². The molecule has 0 saturated carbocycles. The van der Waals surface area contributed by atoms with Gasteiger partial charge in [-0.05, 0) is 32.1 Å². The van der Waals surface area contributed by atoms with Crippen molar-refractivity contribution in [2.75, 3.05) is 12.4 Å². The van der Waals surface area contributed by atoms with Crippen LogP contribution in [-0.2, 0) is 0 Å². The molecule has 0 aliphatic heterocycles. The third-order valence-corrected chi connectivity index (χ3v) is 2.52. The first-order valence-electron chi connectivity index (χ1n) is 7.09. The number of alkyl halides is 1. The smallest absolute Gasteiger partial charge is 0.0709 e. The third kappa shape index (κ3) is 32.6. The van der Waals surface area contributed by atoms with E-state index in [-0.39, 0.29) is 6.10 Å². The lowest BCUT2D eigenvalue weighted by Crippen LogP contribution is -2.04. The molecule has 0 saturated heterocycles. The van der Waals surface area contributed by atoms with Gasteiger partial charge in [-0.2, -0.15) is 0 Å². The lowest BCUT2D eigenvalue weighted by molar-refractivity contribution is 0.165. The first-order chi connectivity index (χ1) is 10.0. The molecule has 2 atom stereocenters. The molecule has 4 heteroatoms. The van der Waals surface area contributed by atoms with Gasteiger partial charge >= 0.3 is 0 Å². The Hall–Kier alpha value is -0.870. The maximum Gasteiger partial charge on any atom is 0.0709 e. The molecule has 0 aromatic rings. The SMILES string of the molecule is C=CCC(O)CCl.C=CCCCC(O)CC=C.C=CCN. The summed E-state index contributed by atoms with van der Waals surface area (Å²) in [6.45, 7) is 14.5. The standard InChI is InChI=1S/C9H16O.C5H9ClO.C3H7N/c1-3-5-6-8-9(10)7-4-2;1-2-3-5(7)4-6;1-2-3-4/h3-4,9-10H,1-2,5-8H2;2,5,7H,1,3-4H2;2H,1,3-4H2. The highest BCUT2D eigenvalue weighted by atomic mass is 35.5. The van der Waals surface area contributed by atoms with E-state index < -0.39 is 6.10 Å². The highest BCUT2D eigenvalue weighted by Crippen LogP contribution is 2.04. The Morgan fingerprint density at radius 1 is 0.905 bits per heavy atom. The number of rotatable bonds is 10. The number of unbranched alkanes of at least 4 members (excludes halogenated alkanes) is 1. The van der Waals surface area contributed by atoms with Gasteiger partial charge in [-0.3, -0.25) is 0 Å². The van der Waals surface area contributed by atoms with Crippen molar-refractivity contribution in [1.82, 2.24) is 0 Å². The molecule has 0 fully saturated rings. The zero-order valence-electron chi connectivity index (χ0n) is 13.1. The molecule has 124 valence electrons. The highest BCUT2D eigenvalue weighted by molar-refractivity contribution is 6.18. The van der Waals surface area contributed by atoms with Gasteiger partial charge in [0.25, 0.3) is 0 Å². The minimum absolute atomic E-state index is 0.197. The summed E-state index contributed by atoms with van der Waals surface area (Å²) in [5.41, 5.74) is 4.91. The first-order valence-corrected chi connectivity index (χ1v) is 7.63. The second-order valence-electron chi connectivity index (χ2n) is 4.25. The molecular formula is C17H32ClNO2. The number of allylic oxidation sites excluding steroid dienone is 1. The van der Waals surface area contributed by atoms with Crippen LogP contribution in [0.2, 0.25) is 0 Å². The first kappa shape index (κ1) is 25.1. The van der Waals surface area contributed by atoms with E-state index in [2.05, 4.69) is 26.3 Å². The van der Waals surface area contributed by atoms with Gasteiger partial charge in [-0.1, -0.05) is 24.3 Å². The van der Waals surface area contributed by atoms with E-state index in [9.17, 15) is 5.11 Å². The zero-order valence-corrected chi connectivity index (χ0v) is 13.8. The molecular weight excluding hydrogens is 286 g/mol. The van der Waals surface area contributed by atoms with Crippen LogP contribution < -0.4 is 5.73 Å². The maximum atomic E-state index is 9.17. The molecule has 0 bridgehead atoms. The average Bonchev–Trinajstić information content (AvgIpc) is 2.49. The van der Waals surface area contributed by atoms with Gasteiger partial charge < -0.3 is 15.9 Å². The molecule has 2 unspecified atom stereocenters. The molecule has 21 heavy (non-hydrogen) atoms. The van der Waals surface area contributed by atoms with Crippen LogP contribution in [0.3, 0.4) is 0 Å². The van der Waals surface area contributed by atoms with E-state index in [0.29, 0.717) is 25.3 Å². The largest absolute Gasteiger partial charge is 0.393 e. The number of aliphatic hydroxyl groups is 2. The van der Waals surface area contributed by atoms with Crippen molar-refractivity contribution in [2.24, 2.45) is 5.73 Å². The summed E-state index contributed by atoms with van der Waals surface area (Å²) < 4.78 is 0. The fourth-order valence-electron chi connectivity index (χ4n) is 1.06. The molecule has 3 nitrogen and oxygen atoms in total. The molecule has 0 spiro atoms. The molecule has 0 amide bonds. The van der Waals surface area contributed by atoms with Gasteiger partial charge in [-0.15, -0.1) is 37.9 Å². The average molecular weight is 318 g/mol. The summed E-state index contributed by atoms with van der Waals surface area (Å²) in [6.07, 6.45) is 10.5. The van der Waals surface area contributed by atoms with Gasteiger partial charge in [0.05, 0.1) is 12.2 Å². The Morgan fingerprint density at radius 3 is 1.67 bits per heavy atom. The normalized spacial score (nSPS) is 11.6. The van der Waals surface area contributed by atoms with Crippen molar-refractivity contribution >= 4 is 11.6 Å². The number of hydrogen-bond acceptors (Lipinski definition) is 3. The van der Waals surface area contributed by atoms with E-state index in [4.69, 9.17) is 22.4 Å². The Morgan fingerprint density at radius 2 is 1.38 bits per heavy atom. The Kier molecular flexibility index (Phi) is 28.9. The number of nitrogens with two attached hydrogens (primary N) is 1. The third-order valence-electron chi connectivity index (χ3n) is 2.17. The fraction of sp³-hybridized carbons (Fsp3) is 0.529. The minimum Gasteiger partial charge on any atom is -0.393 e. The fourth-order valence-corrected chi connectivity index (χ4v) is 1.19. The monoisotopic (exact) mass is 317 g/mol. The van der Waals surface area contributed by atoms with Crippen molar-refractivity contribution in [1.29, 1.82) is 0 Å². The molecule has 0 aliphatic carbocycles. The molecule has 0 heterocycles. The summed E-state index contributed by atoms with van der Waals surface area (Å²) in [7, 11) is 0. The molecule has 0 aliphatic rings. The number of aliphatic hydroxyl groups excluding tert-OH is 2. The molecule has 4 N–H and O–H groups in total. The van der Waals surface area contributed by atoms with Gasteiger partial charge in [0, 0.05) is 12.4 Å². The van der Waals surface area contributed by atoms with Crippen LogP contribution in [-0.4, -0.2) is 34.8 Å². The lowest BCUT2D eigenvalue weighted by atomic mass is 10.1. The van der Waals surface area contributed by atoms with Crippen LogP contribution in [0.1, 0.15) is 32.1 Å². The predicted octanol–water partition coefficient (Wildman–Crippen LogP) is 3.57. The quantitative estimate of drug-likeness (QED) is 0.328. The van der Waals surface area contributed by atoms with E-state index in [0.717, 1.165) is 19.3 Å². The molecule has 0 aromatic carbocycles. The van der Waals surface area contributed by atoms with E-state index in [1.54, 1.807) is 18.2 Å². The Labute approximate surface area is 135 Å².